The third-order valence-corrected chi connectivity index (χ3v) is 6.02. The normalized spacial score (nSPS) is 28.8. The Labute approximate surface area is 149 Å². The van der Waals surface area contributed by atoms with Crippen LogP contribution in [-0.2, 0) is 16.1 Å². The Hall–Kier alpha value is -2.48. The summed E-state index contributed by atoms with van der Waals surface area (Å²) in [5.41, 5.74) is 1.41. The molecule has 26 heavy (non-hydrogen) atoms. The smallest absolute Gasteiger partial charge is 0.313 e. The molecule has 0 unspecified atom stereocenters. The topological polar surface area (TPSA) is 99.8 Å². The maximum Gasteiger partial charge on any atom is 0.313 e. The van der Waals surface area contributed by atoms with Crippen molar-refractivity contribution in [3.63, 3.8) is 0 Å². The molecule has 1 aromatic carbocycles. The van der Waals surface area contributed by atoms with E-state index in [1.807, 2.05) is 18.2 Å². The lowest BCUT2D eigenvalue weighted by molar-refractivity contribution is -0.149. The fourth-order valence-electron chi connectivity index (χ4n) is 4.48. The fraction of sp³-hybridized carbons (Fsp3) is 0.556. The number of amides is 1. The highest BCUT2D eigenvalue weighted by Gasteiger charge is 2.62. The van der Waals surface area contributed by atoms with Gasteiger partial charge in [-0.15, -0.1) is 0 Å². The molecule has 0 bridgehead atoms. The van der Waals surface area contributed by atoms with Crippen molar-refractivity contribution >= 4 is 22.9 Å². The Kier molecular flexibility index (Phi) is 3.34. The number of nitrogens with zero attached hydrogens (tertiary/aromatic N) is 4. The van der Waals surface area contributed by atoms with Crippen molar-refractivity contribution in [1.82, 2.24) is 20.1 Å². The minimum absolute atomic E-state index is 0.0120. The quantitative estimate of drug-likeness (QED) is 0.852. The van der Waals surface area contributed by atoms with Crippen LogP contribution in [-0.4, -0.2) is 63.3 Å². The second-order valence-electron chi connectivity index (χ2n) is 7.93. The Morgan fingerprint density at radius 1 is 1.27 bits per heavy atom. The van der Waals surface area contributed by atoms with Crippen LogP contribution in [0.15, 0.2) is 22.8 Å². The number of rotatable bonds is 5. The van der Waals surface area contributed by atoms with Crippen LogP contribution in [0.2, 0.25) is 0 Å². The van der Waals surface area contributed by atoms with Gasteiger partial charge in [0.1, 0.15) is 16.4 Å². The van der Waals surface area contributed by atoms with Crippen LogP contribution in [0.5, 0.6) is 0 Å². The van der Waals surface area contributed by atoms with E-state index in [4.69, 9.17) is 4.63 Å². The summed E-state index contributed by atoms with van der Waals surface area (Å²) in [7, 11) is 0. The maximum absolute atomic E-state index is 12.8. The lowest BCUT2D eigenvalue weighted by Gasteiger charge is -2.25. The van der Waals surface area contributed by atoms with Crippen LogP contribution >= 0.6 is 0 Å². The first-order valence-corrected chi connectivity index (χ1v) is 9.01. The molecule has 3 fully saturated rings. The number of hydrogen-bond donors (Lipinski definition) is 1. The van der Waals surface area contributed by atoms with Crippen LogP contribution in [0.3, 0.4) is 0 Å². The van der Waals surface area contributed by atoms with Crippen molar-refractivity contribution in [1.29, 1.82) is 0 Å². The summed E-state index contributed by atoms with van der Waals surface area (Å²) in [6, 6.07) is 5.68. The molecular weight excluding hydrogens is 336 g/mol. The summed E-state index contributed by atoms with van der Waals surface area (Å²) in [5.74, 6) is -0.718. The largest absolute Gasteiger partial charge is 0.481 e. The Bertz CT molecular complexity index is 892. The van der Waals surface area contributed by atoms with Crippen LogP contribution in [0.25, 0.3) is 11.0 Å². The predicted molar refractivity (Wildman–Crippen MR) is 89.9 cm³/mol. The van der Waals surface area contributed by atoms with E-state index in [2.05, 4.69) is 15.2 Å². The van der Waals surface area contributed by atoms with Gasteiger partial charge < -0.3 is 10.0 Å². The fourth-order valence-corrected chi connectivity index (χ4v) is 4.48. The highest BCUT2D eigenvalue weighted by atomic mass is 16.6. The van der Waals surface area contributed by atoms with Gasteiger partial charge in [-0.2, -0.15) is 0 Å². The molecule has 1 aromatic heterocycles. The number of aromatic nitrogens is 2. The Morgan fingerprint density at radius 2 is 2.08 bits per heavy atom. The predicted octanol–water partition coefficient (Wildman–Crippen LogP) is 0.978. The standard InChI is InChI=1S/C18H20N4O4/c23-16-13-8-21(6-12-3-4-14-15(5-12)20-26-19-14)9-18(13,17(24)25)10-22(16)7-11-1-2-11/h3-5,11,13H,1-2,6-10H2,(H,24,25)/t13-,18-/m0/s1. The average molecular weight is 356 g/mol. The van der Waals surface area contributed by atoms with E-state index < -0.39 is 17.3 Å². The van der Waals surface area contributed by atoms with Gasteiger partial charge in [0.15, 0.2) is 0 Å². The summed E-state index contributed by atoms with van der Waals surface area (Å²) in [4.78, 5) is 28.8. The van der Waals surface area contributed by atoms with Crippen molar-refractivity contribution in [2.75, 3.05) is 26.2 Å². The molecule has 1 saturated carbocycles. The number of likely N-dealkylation sites (tertiary alicyclic amines) is 2. The first kappa shape index (κ1) is 15.7. The minimum atomic E-state index is -0.981. The van der Waals surface area contributed by atoms with Gasteiger partial charge in [0.05, 0.1) is 5.92 Å². The summed E-state index contributed by atoms with van der Waals surface area (Å²) >= 11 is 0. The number of aliphatic carboxylic acids is 1. The number of fused-ring (bicyclic) bond motifs is 2. The van der Waals surface area contributed by atoms with Gasteiger partial charge in [0, 0.05) is 32.7 Å². The molecule has 0 radical (unpaired) electrons. The SMILES string of the molecule is O=C1[C@@H]2CN(Cc3ccc4nonc4c3)C[C@]2(C(=O)O)CN1CC1CC1. The summed E-state index contributed by atoms with van der Waals surface area (Å²) in [5, 5.41) is 17.6. The molecule has 1 amide bonds. The third-order valence-electron chi connectivity index (χ3n) is 6.02. The number of carboxylic acid groups (broad SMARTS) is 1. The molecular formula is C18H20N4O4. The van der Waals surface area contributed by atoms with Crippen molar-refractivity contribution in [3.05, 3.63) is 23.8 Å². The van der Waals surface area contributed by atoms with Gasteiger partial charge in [-0.1, -0.05) is 6.07 Å². The lowest BCUT2D eigenvalue weighted by atomic mass is 9.81. The minimum Gasteiger partial charge on any atom is -0.481 e. The molecule has 3 aliphatic rings. The van der Waals surface area contributed by atoms with E-state index in [0.717, 1.165) is 24.9 Å². The van der Waals surface area contributed by atoms with Crippen molar-refractivity contribution in [2.45, 2.75) is 19.4 Å². The van der Waals surface area contributed by atoms with Gasteiger partial charge in [0.25, 0.3) is 0 Å². The first-order chi connectivity index (χ1) is 12.5. The van der Waals surface area contributed by atoms with Gasteiger partial charge in [-0.3, -0.25) is 14.5 Å². The molecule has 0 spiro atoms. The van der Waals surface area contributed by atoms with Gasteiger partial charge >= 0.3 is 5.97 Å². The number of hydrogen-bond acceptors (Lipinski definition) is 6. The molecule has 1 aliphatic carbocycles. The molecule has 136 valence electrons. The molecule has 5 rings (SSSR count). The van der Waals surface area contributed by atoms with Gasteiger partial charge in [-0.05, 0) is 46.8 Å². The van der Waals surface area contributed by atoms with Crippen molar-refractivity contribution < 1.29 is 19.3 Å². The van der Waals surface area contributed by atoms with Crippen LogP contribution < -0.4 is 0 Å². The van der Waals surface area contributed by atoms with Crippen LogP contribution in [0.4, 0.5) is 0 Å². The van der Waals surface area contributed by atoms with E-state index in [1.54, 1.807) is 4.90 Å². The maximum atomic E-state index is 12.8. The van der Waals surface area contributed by atoms with Crippen LogP contribution in [0.1, 0.15) is 18.4 Å². The van der Waals surface area contributed by atoms with Crippen molar-refractivity contribution in [3.8, 4) is 0 Å². The zero-order chi connectivity index (χ0) is 17.9. The number of carboxylic acids is 1. The Balaban J connectivity index is 1.35. The van der Waals surface area contributed by atoms with E-state index in [9.17, 15) is 14.7 Å². The molecule has 1 N–H and O–H groups in total. The van der Waals surface area contributed by atoms with E-state index >= 15 is 0 Å². The second-order valence-corrected chi connectivity index (χ2v) is 7.93. The van der Waals surface area contributed by atoms with Gasteiger partial charge in [-0.25, -0.2) is 4.63 Å². The van der Waals surface area contributed by atoms with Crippen molar-refractivity contribution in [2.24, 2.45) is 17.3 Å². The van der Waals surface area contributed by atoms with E-state index in [-0.39, 0.29) is 5.91 Å². The number of carbonyl (C=O) groups is 2. The molecule has 2 atom stereocenters. The highest BCUT2D eigenvalue weighted by Crippen LogP contribution is 2.45. The summed E-state index contributed by atoms with van der Waals surface area (Å²) in [6.45, 7) is 2.53. The monoisotopic (exact) mass is 356 g/mol. The second kappa shape index (κ2) is 5.51. The van der Waals surface area contributed by atoms with E-state index in [0.29, 0.717) is 43.1 Å². The average Bonchev–Trinajstić information content (AvgIpc) is 3.07. The summed E-state index contributed by atoms with van der Waals surface area (Å²) in [6.07, 6.45) is 2.31. The molecule has 8 nitrogen and oxygen atoms in total. The Morgan fingerprint density at radius 3 is 2.81 bits per heavy atom. The highest BCUT2D eigenvalue weighted by molar-refractivity contribution is 5.92. The van der Waals surface area contributed by atoms with E-state index in [1.165, 1.54) is 0 Å². The zero-order valence-corrected chi connectivity index (χ0v) is 14.3. The first-order valence-electron chi connectivity index (χ1n) is 9.01. The molecule has 2 aromatic rings. The third kappa shape index (κ3) is 2.39. The molecule has 3 heterocycles. The zero-order valence-electron chi connectivity index (χ0n) is 14.3. The number of carbonyl (C=O) groups excluding carboxylic acids is 1. The van der Waals surface area contributed by atoms with Gasteiger partial charge in [0.2, 0.25) is 5.91 Å². The number of benzene rings is 1. The van der Waals surface area contributed by atoms with Crippen LogP contribution in [0, 0.1) is 17.3 Å². The molecule has 8 heteroatoms. The summed E-state index contributed by atoms with van der Waals surface area (Å²) < 4.78 is 4.72. The lowest BCUT2D eigenvalue weighted by Crippen LogP contribution is -2.41. The molecule has 2 aliphatic heterocycles. The molecule has 2 saturated heterocycles.